The van der Waals surface area contributed by atoms with Crippen LogP contribution in [0.4, 0.5) is 0 Å². The third kappa shape index (κ3) is 2.89. The number of ether oxygens (including phenoxy) is 1. The Balaban J connectivity index is 1.95. The van der Waals surface area contributed by atoms with E-state index >= 15 is 0 Å². The number of hydrogen-bond acceptors (Lipinski definition) is 3. The number of rotatable bonds is 6. The van der Waals surface area contributed by atoms with Gasteiger partial charge in [-0.15, -0.1) is 0 Å². The molecule has 2 N–H and O–H groups in total. The quantitative estimate of drug-likeness (QED) is 0.791. The maximum absolute atomic E-state index is 6.15. The van der Waals surface area contributed by atoms with Crippen molar-refractivity contribution in [3.63, 3.8) is 0 Å². The van der Waals surface area contributed by atoms with Crippen LogP contribution in [-0.2, 0) is 4.74 Å². The molecule has 0 aromatic heterocycles. The van der Waals surface area contributed by atoms with E-state index in [4.69, 9.17) is 10.5 Å². The smallest absolute Gasteiger partial charge is 0.0572 e. The summed E-state index contributed by atoms with van der Waals surface area (Å²) in [5.74, 6) is 0.938. The Morgan fingerprint density at radius 1 is 1.22 bits per heavy atom. The van der Waals surface area contributed by atoms with Crippen LogP contribution in [0, 0.1) is 5.92 Å². The fourth-order valence-corrected chi connectivity index (χ4v) is 3.66. The van der Waals surface area contributed by atoms with Crippen molar-refractivity contribution in [2.24, 2.45) is 11.7 Å². The molecule has 2 aliphatic carbocycles. The van der Waals surface area contributed by atoms with Gasteiger partial charge in [0.2, 0.25) is 0 Å². The lowest BCUT2D eigenvalue weighted by atomic mass is 9.77. The molecule has 2 fully saturated rings. The summed E-state index contributed by atoms with van der Waals surface area (Å²) in [5.41, 5.74) is 6.42. The molecule has 2 saturated carbocycles. The molecule has 0 unspecified atom stereocenters. The zero-order valence-electron chi connectivity index (χ0n) is 12.2. The number of methoxy groups -OCH3 is 1. The average molecular weight is 254 g/mol. The van der Waals surface area contributed by atoms with Crippen LogP contribution >= 0.6 is 0 Å². The molecule has 0 aromatic rings. The number of nitrogens with two attached hydrogens (primary N) is 1. The Labute approximate surface area is 112 Å². The van der Waals surface area contributed by atoms with Crippen molar-refractivity contribution in [1.29, 1.82) is 0 Å². The first-order chi connectivity index (χ1) is 8.74. The van der Waals surface area contributed by atoms with Crippen LogP contribution < -0.4 is 5.73 Å². The molecule has 2 rings (SSSR count). The van der Waals surface area contributed by atoms with Crippen LogP contribution in [0.2, 0.25) is 0 Å². The first kappa shape index (κ1) is 14.3. The minimum atomic E-state index is 0.263. The molecule has 18 heavy (non-hydrogen) atoms. The van der Waals surface area contributed by atoms with Gasteiger partial charge in [0.25, 0.3) is 0 Å². The summed E-state index contributed by atoms with van der Waals surface area (Å²) in [5, 5.41) is 0. The van der Waals surface area contributed by atoms with Gasteiger partial charge in [-0.05, 0) is 51.0 Å². The average Bonchev–Trinajstić information content (AvgIpc) is 2.38. The van der Waals surface area contributed by atoms with Gasteiger partial charge in [-0.2, -0.15) is 0 Å². The standard InChI is InChI=1S/C15H30N2O/c1-3-17(11-13-5-4-6-13)15(12-16)9-7-14(18-2)8-10-15/h13-14H,3-12,16H2,1-2H3. The first-order valence-electron chi connectivity index (χ1n) is 7.72. The lowest BCUT2D eigenvalue weighted by Gasteiger charge is -2.49. The predicted octanol–water partition coefficient (Wildman–Crippen LogP) is 2.39. The normalized spacial score (nSPS) is 33.7. The van der Waals surface area contributed by atoms with Crippen molar-refractivity contribution in [3.8, 4) is 0 Å². The van der Waals surface area contributed by atoms with Crippen LogP contribution in [0.5, 0.6) is 0 Å². The van der Waals surface area contributed by atoms with E-state index in [1.807, 2.05) is 7.11 Å². The molecular formula is C15H30N2O. The van der Waals surface area contributed by atoms with E-state index in [0.29, 0.717) is 6.10 Å². The van der Waals surface area contributed by atoms with E-state index in [9.17, 15) is 0 Å². The number of nitrogens with zero attached hydrogens (tertiary/aromatic N) is 1. The molecule has 106 valence electrons. The van der Waals surface area contributed by atoms with E-state index in [-0.39, 0.29) is 5.54 Å². The molecular weight excluding hydrogens is 224 g/mol. The molecule has 0 spiro atoms. The molecule has 0 atom stereocenters. The van der Waals surface area contributed by atoms with Crippen molar-refractivity contribution in [1.82, 2.24) is 4.90 Å². The Morgan fingerprint density at radius 3 is 2.28 bits per heavy atom. The fraction of sp³-hybridized carbons (Fsp3) is 1.00. The molecule has 0 aliphatic heterocycles. The summed E-state index contributed by atoms with van der Waals surface area (Å²) in [6, 6.07) is 0. The Kier molecular flexibility index (Phi) is 5.05. The summed E-state index contributed by atoms with van der Waals surface area (Å²) in [6.07, 6.45) is 9.53. The molecule has 0 radical (unpaired) electrons. The zero-order chi connectivity index (χ0) is 13.0. The fourth-order valence-electron chi connectivity index (χ4n) is 3.66. The third-order valence-electron chi connectivity index (χ3n) is 5.33. The van der Waals surface area contributed by atoms with Gasteiger partial charge in [0, 0.05) is 25.7 Å². The zero-order valence-corrected chi connectivity index (χ0v) is 12.2. The second kappa shape index (κ2) is 6.36. The van der Waals surface area contributed by atoms with Crippen LogP contribution in [0.15, 0.2) is 0 Å². The largest absolute Gasteiger partial charge is 0.381 e. The summed E-state index contributed by atoms with van der Waals surface area (Å²) >= 11 is 0. The van der Waals surface area contributed by atoms with E-state index in [2.05, 4.69) is 11.8 Å². The molecule has 3 nitrogen and oxygen atoms in total. The van der Waals surface area contributed by atoms with Gasteiger partial charge in [-0.3, -0.25) is 4.90 Å². The molecule has 2 aliphatic rings. The van der Waals surface area contributed by atoms with Gasteiger partial charge in [0.05, 0.1) is 6.10 Å². The Morgan fingerprint density at radius 2 is 1.89 bits per heavy atom. The van der Waals surface area contributed by atoms with Crippen LogP contribution in [0.25, 0.3) is 0 Å². The van der Waals surface area contributed by atoms with E-state index in [0.717, 1.165) is 19.0 Å². The van der Waals surface area contributed by atoms with Crippen LogP contribution in [0.1, 0.15) is 51.9 Å². The van der Waals surface area contributed by atoms with Gasteiger partial charge in [-0.1, -0.05) is 13.3 Å². The highest BCUT2D eigenvalue weighted by molar-refractivity contribution is 4.97. The summed E-state index contributed by atoms with van der Waals surface area (Å²) < 4.78 is 5.50. The number of hydrogen-bond donors (Lipinski definition) is 1. The third-order valence-corrected chi connectivity index (χ3v) is 5.33. The molecule has 0 bridgehead atoms. The van der Waals surface area contributed by atoms with E-state index in [1.54, 1.807) is 0 Å². The molecule has 0 aromatic carbocycles. The molecule has 0 amide bonds. The Bertz CT molecular complexity index is 245. The highest BCUT2D eigenvalue weighted by Crippen LogP contribution is 2.36. The van der Waals surface area contributed by atoms with Crippen molar-refractivity contribution in [3.05, 3.63) is 0 Å². The highest BCUT2D eigenvalue weighted by atomic mass is 16.5. The van der Waals surface area contributed by atoms with Crippen molar-refractivity contribution in [2.75, 3.05) is 26.7 Å². The van der Waals surface area contributed by atoms with Gasteiger partial charge in [0.1, 0.15) is 0 Å². The summed E-state index contributed by atoms with van der Waals surface area (Å²) in [7, 11) is 1.84. The topological polar surface area (TPSA) is 38.5 Å². The predicted molar refractivity (Wildman–Crippen MR) is 75.6 cm³/mol. The van der Waals surface area contributed by atoms with Gasteiger partial charge in [0.15, 0.2) is 0 Å². The van der Waals surface area contributed by atoms with Gasteiger partial charge >= 0.3 is 0 Å². The second-order valence-electron chi connectivity index (χ2n) is 6.20. The SMILES string of the molecule is CCN(CC1CCC1)C1(CN)CCC(OC)CC1. The lowest BCUT2D eigenvalue weighted by molar-refractivity contribution is -0.0158. The molecule has 0 saturated heterocycles. The van der Waals surface area contributed by atoms with Crippen molar-refractivity contribution in [2.45, 2.75) is 63.5 Å². The Hall–Kier alpha value is -0.120. The summed E-state index contributed by atoms with van der Waals surface area (Å²) in [6.45, 7) is 5.51. The van der Waals surface area contributed by atoms with Crippen molar-refractivity contribution < 1.29 is 4.74 Å². The van der Waals surface area contributed by atoms with Crippen molar-refractivity contribution >= 4 is 0 Å². The highest BCUT2D eigenvalue weighted by Gasteiger charge is 2.39. The maximum atomic E-state index is 6.15. The second-order valence-corrected chi connectivity index (χ2v) is 6.20. The molecule has 0 heterocycles. The lowest BCUT2D eigenvalue weighted by Crippen LogP contribution is -2.57. The molecule has 3 heteroatoms. The number of likely N-dealkylation sites (N-methyl/N-ethyl adjacent to an activating group) is 1. The van der Waals surface area contributed by atoms with Crippen LogP contribution in [0.3, 0.4) is 0 Å². The monoisotopic (exact) mass is 254 g/mol. The first-order valence-corrected chi connectivity index (χ1v) is 7.72. The minimum absolute atomic E-state index is 0.263. The van der Waals surface area contributed by atoms with Gasteiger partial charge in [-0.25, -0.2) is 0 Å². The minimum Gasteiger partial charge on any atom is -0.381 e. The summed E-state index contributed by atoms with van der Waals surface area (Å²) in [4.78, 5) is 2.68. The van der Waals surface area contributed by atoms with Crippen LogP contribution in [-0.4, -0.2) is 43.3 Å². The maximum Gasteiger partial charge on any atom is 0.0572 e. The van der Waals surface area contributed by atoms with E-state index < -0.39 is 0 Å². The van der Waals surface area contributed by atoms with E-state index in [1.165, 1.54) is 51.5 Å². The van der Waals surface area contributed by atoms with Gasteiger partial charge < -0.3 is 10.5 Å².